The normalized spacial score (nSPS) is 10.9. The van der Waals surface area contributed by atoms with Crippen molar-refractivity contribution in [2.45, 2.75) is 5.16 Å². The third-order valence-corrected chi connectivity index (χ3v) is 2.95. The van der Waals surface area contributed by atoms with E-state index in [1.807, 2.05) is 17.9 Å². The van der Waals surface area contributed by atoms with E-state index in [4.69, 9.17) is 0 Å². The molecule has 0 unspecified atom stereocenters. The number of aromatic nitrogens is 3. The molecule has 1 N–H and O–H groups in total. The Balaban J connectivity index is 2.54. The lowest BCUT2D eigenvalue weighted by Gasteiger charge is -1.96. The van der Waals surface area contributed by atoms with Crippen molar-refractivity contribution < 1.29 is 9.53 Å². The Morgan fingerprint density at radius 1 is 1.67 bits per heavy atom. The number of nitrogens with zero attached hydrogens (tertiary/aromatic N) is 2. The van der Waals surface area contributed by atoms with Crippen LogP contribution >= 0.6 is 11.8 Å². The van der Waals surface area contributed by atoms with Crippen LogP contribution in [-0.2, 0) is 11.8 Å². The molecule has 0 aliphatic heterocycles. The zero-order valence-electron chi connectivity index (χ0n) is 8.70. The van der Waals surface area contributed by atoms with Gasteiger partial charge in [0, 0.05) is 7.05 Å². The number of carbonyl (C=O) groups is 1. The maximum Gasteiger partial charge on any atom is 0.354 e. The van der Waals surface area contributed by atoms with Gasteiger partial charge in [-0.25, -0.2) is 9.78 Å². The van der Waals surface area contributed by atoms with Gasteiger partial charge in [0.25, 0.3) is 0 Å². The first-order chi connectivity index (χ1) is 7.17. The fourth-order valence-corrected chi connectivity index (χ4v) is 2.00. The van der Waals surface area contributed by atoms with E-state index < -0.39 is 0 Å². The maximum absolute atomic E-state index is 11.3. The first-order valence-electron chi connectivity index (χ1n) is 4.35. The zero-order chi connectivity index (χ0) is 11.0. The van der Waals surface area contributed by atoms with Crippen LogP contribution in [-0.4, -0.2) is 33.9 Å². The molecule has 0 amide bonds. The average molecular weight is 225 g/mol. The second-order valence-corrected chi connectivity index (χ2v) is 3.84. The highest BCUT2D eigenvalue weighted by Gasteiger charge is 2.14. The van der Waals surface area contributed by atoms with Crippen molar-refractivity contribution in [3.63, 3.8) is 0 Å². The summed E-state index contributed by atoms with van der Waals surface area (Å²) < 4.78 is 6.55. The number of rotatable bonds is 2. The molecule has 0 bridgehead atoms. The molecule has 0 fully saturated rings. The summed E-state index contributed by atoms with van der Waals surface area (Å²) in [6.45, 7) is 0. The minimum Gasteiger partial charge on any atom is -0.464 e. The minimum atomic E-state index is -0.376. The van der Waals surface area contributed by atoms with Gasteiger partial charge in [0.2, 0.25) is 0 Å². The lowest BCUT2D eigenvalue weighted by atomic mass is 10.4. The van der Waals surface area contributed by atoms with Crippen LogP contribution in [0.5, 0.6) is 0 Å². The van der Waals surface area contributed by atoms with E-state index in [0.29, 0.717) is 11.3 Å². The Morgan fingerprint density at radius 2 is 2.40 bits per heavy atom. The Morgan fingerprint density at radius 3 is 2.93 bits per heavy atom. The lowest BCUT2D eigenvalue weighted by molar-refractivity contribution is 0.0595. The van der Waals surface area contributed by atoms with Crippen molar-refractivity contribution in [3.8, 4) is 0 Å². The number of imidazole rings is 1. The maximum atomic E-state index is 11.3. The predicted octanol–water partition coefficient (Wildman–Crippen LogP) is 1.41. The standard InChI is InChI=1S/C9H11N3O2S/c1-12-6-4-5(8(13)14-2)10-7(6)11-9(12)15-3/h4,10H,1-3H3. The van der Waals surface area contributed by atoms with E-state index in [-0.39, 0.29) is 5.97 Å². The number of thioether (sulfide) groups is 1. The molecule has 0 aromatic carbocycles. The van der Waals surface area contributed by atoms with Crippen LogP contribution in [0.4, 0.5) is 0 Å². The highest BCUT2D eigenvalue weighted by atomic mass is 32.2. The fraction of sp³-hybridized carbons (Fsp3) is 0.333. The summed E-state index contributed by atoms with van der Waals surface area (Å²) in [6.07, 6.45) is 1.96. The Bertz CT molecular complexity index is 515. The van der Waals surface area contributed by atoms with E-state index >= 15 is 0 Å². The summed E-state index contributed by atoms with van der Waals surface area (Å²) in [6, 6.07) is 1.74. The van der Waals surface area contributed by atoms with Gasteiger partial charge in [0.05, 0.1) is 12.6 Å². The molecule has 0 atom stereocenters. The van der Waals surface area contributed by atoms with Gasteiger partial charge in [0.15, 0.2) is 10.8 Å². The first kappa shape index (κ1) is 10.1. The highest BCUT2D eigenvalue weighted by Crippen LogP contribution is 2.21. The third-order valence-electron chi connectivity index (χ3n) is 2.22. The molecule has 0 radical (unpaired) electrons. The average Bonchev–Trinajstić information content (AvgIpc) is 2.77. The molecular weight excluding hydrogens is 214 g/mol. The summed E-state index contributed by atoms with van der Waals surface area (Å²) >= 11 is 1.56. The van der Waals surface area contributed by atoms with Crippen molar-refractivity contribution in [2.24, 2.45) is 7.05 Å². The number of ether oxygens (including phenoxy) is 1. The van der Waals surface area contributed by atoms with Crippen molar-refractivity contribution in [1.82, 2.24) is 14.5 Å². The van der Waals surface area contributed by atoms with Gasteiger partial charge in [-0.1, -0.05) is 11.8 Å². The predicted molar refractivity (Wildman–Crippen MR) is 58.2 cm³/mol. The van der Waals surface area contributed by atoms with Gasteiger partial charge in [-0.3, -0.25) is 0 Å². The monoisotopic (exact) mass is 225 g/mol. The summed E-state index contributed by atoms with van der Waals surface area (Å²) in [5.74, 6) is -0.376. The Labute approximate surface area is 90.8 Å². The van der Waals surface area contributed by atoms with Crippen LogP contribution in [0.2, 0.25) is 0 Å². The minimum absolute atomic E-state index is 0.376. The second kappa shape index (κ2) is 3.62. The molecule has 80 valence electrons. The third kappa shape index (κ3) is 1.50. The summed E-state index contributed by atoms with van der Waals surface area (Å²) in [4.78, 5) is 18.5. The molecule has 0 spiro atoms. The number of nitrogens with one attached hydrogen (secondary N) is 1. The Hall–Kier alpha value is -1.43. The molecule has 2 aromatic heterocycles. The number of H-pyrrole nitrogens is 1. The topological polar surface area (TPSA) is 59.9 Å². The van der Waals surface area contributed by atoms with Gasteiger partial charge in [-0.05, 0) is 12.3 Å². The van der Waals surface area contributed by atoms with Crippen molar-refractivity contribution in [3.05, 3.63) is 11.8 Å². The summed E-state index contributed by atoms with van der Waals surface area (Å²) in [5.41, 5.74) is 2.04. The van der Waals surface area contributed by atoms with Crippen LogP contribution in [0.3, 0.4) is 0 Å². The molecule has 2 rings (SSSR count). The van der Waals surface area contributed by atoms with E-state index in [0.717, 1.165) is 10.7 Å². The van der Waals surface area contributed by atoms with Crippen molar-refractivity contribution >= 4 is 28.9 Å². The van der Waals surface area contributed by atoms with E-state index in [9.17, 15) is 4.79 Å². The van der Waals surface area contributed by atoms with Crippen molar-refractivity contribution in [1.29, 1.82) is 0 Å². The number of methoxy groups -OCH3 is 1. The molecule has 2 heterocycles. The number of hydrogen-bond donors (Lipinski definition) is 1. The number of fused-ring (bicyclic) bond motifs is 1. The quantitative estimate of drug-likeness (QED) is 0.620. The molecule has 6 heteroatoms. The van der Waals surface area contributed by atoms with Gasteiger partial charge >= 0.3 is 5.97 Å². The fourth-order valence-electron chi connectivity index (χ4n) is 1.45. The van der Waals surface area contributed by atoms with E-state index in [1.165, 1.54) is 7.11 Å². The smallest absolute Gasteiger partial charge is 0.354 e. The van der Waals surface area contributed by atoms with Gasteiger partial charge in [-0.2, -0.15) is 0 Å². The van der Waals surface area contributed by atoms with Gasteiger partial charge in [-0.15, -0.1) is 0 Å². The number of esters is 1. The van der Waals surface area contributed by atoms with Gasteiger partial charge < -0.3 is 14.3 Å². The van der Waals surface area contributed by atoms with E-state index in [1.54, 1.807) is 17.8 Å². The highest BCUT2D eigenvalue weighted by molar-refractivity contribution is 7.98. The molecule has 0 aliphatic rings. The molecule has 15 heavy (non-hydrogen) atoms. The molecule has 0 saturated heterocycles. The van der Waals surface area contributed by atoms with E-state index in [2.05, 4.69) is 14.7 Å². The number of carbonyl (C=O) groups excluding carboxylic acids is 1. The largest absolute Gasteiger partial charge is 0.464 e. The number of hydrogen-bond acceptors (Lipinski definition) is 4. The molecular formula is C9H11N3O2S. The SMILES string of the molecule is COC(=O)c1cc2c(nc(SC)n2C)[nH]1. The first-order valence-corrected chi connectivity index (χ1v) is 5.57. The molecule has 0 aliphatic carbocycles. The van der Waals surface area contributed by atoms with Crippen LogP contribution < -0.4 is 0 Å². The molecule has 5 nitrogen and oxygen atoms in total. The van der Waals surface area contributed by atoms with Crippen LogP contribution in [0.1, 0.15) is 10.5 Å². The van der Waals surface area contributed by atoms with Crippen LogP contribution in [0.15, 0.2) is 11.2 Å². The number of aromatic amines is 1. The van der Waals surface area contributed by atoms with Crippen LogP contribution in [0.25, 0.3) is 11.2 Å². The lowest BCUT2D eigenvalue weighted by Crippen LogP contribution is -2.01. The summed E-state index contributed by atoms with van der Waals surface area (Å²) in [5, 5.41) is 0.910. The zero-order valence-corrected chi connectivity index (χ0v) is 9.51. The van der Waals surface area contributed by atoms with Gasteiger partial charge in [0.1, 0.15) is 5.69 Å². The Kier molecular flexibility index (Phi) is 2.44. The molecule has 2 aromatic rings. The molecule has 0 saturated carbocycles. The number of aryl methyl sites for hydroxylation is 1. The second-order valence-electron chi connectivity index (χ2n) is 3.07. The van der Waals surface area contributed by atoms with Crippen molar-refractivity contribution in [2.75, 3.05) is 13.4 Å². The summed E-state index contributed by atoms with van der Waals surface area (Å²) in [7, 11) is 3.27. The van der Waals surface area contributed by atoms with Crippen LogP contribution in [0, 0.1) is 0 Å².